The number of nitriles is 1. The van der Waals surface area contributed by atoms with E-state index in [2.05, 4.69) is 28.5 Å². The van der Waals surface area contributed by atoms with Gasteiger partial charge in [-0.2, -0.15) is 5.26 Å². The maximum Gasteiger partial charge on any atom is 0.311 e. The van der Waals surface area contributed by atoms with Crippen LogP contribution in [0.25, 0.3) is 10.9 Å². The van der Waals surface area contributed by atoms with E-state index in [-0.39, 0.29) is 36.0 Å². The van der Waals surface area contributed by atoms with Crippen LogP contribution in [0.4, 0.5) is 22.7 Å². The van der Waals surface area contributed by atoms with E-state index in [1.807, 2.05) is 42.3 Å². The highest BCUT2D eigenvalue weighted by molar-refractivity contribution is 6.33. The molecule has 1 heterocycles. The molecule has 0 fully saturated rings. The standard InChI is InChI=1S/C26H22ClN5O3.ClH/c1-3-35-25-13-22-20(12-24(25)32(33)34)26(18(14-28)15-29-22)30-19-9-10-23(21(27)11-19)31(2)16-17-7-5-4-6-8-17;/h4-13,15H,3,16H2,1-2H3,(H,29,30);1H. The van der Waals surface area contributed by atoms with Crippen LogP contribution in [0, 0.1) is 21.4 Å². The van der Waals surface area contributed by atoms with Crippen LogP contribution in [0.1, 0.15) is 18.1 Å². The summed E-state index contributed by atoms with van der Waals surface area (Å²) in [5, 5.41) is 25.5. The molecule has 0 amide bonds. The van der Waals surface area contributed by atoms with Crippen molar-refractivity contribution in [2.45, 2.75) is 13.5 Å². The Kier molecular flexibility index (Phi) is 8.54. The smallest absolute Gasteiger partial charge is 0.311 e. The lowest BCUT2D eigenvalue weighted by Crippen LogP contribution is -2.16. The summed E-state index contributed by atoms with van der Waals surface area (Å²) in [5.74, 6) is 0.127. The lowest BCUT2D eigenvalue weighted by molar-refractivity contribution is -0.385. The van der Waals surface area contributed by atoms with Gasteiger partial charge in [0.05, 0.1) is 39.0 Å². The van der Waals surface area contributed by atoms with Crippen molar-refractivity contribution in [3.63, 3.8) is 0 Å². The van der Waals surface area contributed by atoms with Crippen molar-refractivity contribution >= 4 is 57.7 Å². The number of pyridine rings is 1. The Balaban J connectivity index is 0.00000361. The lowest BCUT2D eigenvalue weighted by Gasteiger charge is -2.21. The fraction of sp³-hybridized carbons (Fsp3) is 0.154. The van der Waals surface area contributed by atoms with Gasteiger partial charge in [0.15, 0.2) is 5.75 Å². The zero-order chi connectivity index (χ0) is 24.9. The summed E-state index contributed by atoms with van der Waals surface area (Å²) >= 11 is 6.61. The topological polar surface area (TPSA) is 104 Å². The molecule has 4 rings (SSSR count). The van der Waals surface area contributed by atoms with Crippen LogP contribution in [-0.2, 0) is 6.54 Å². The molecule has 3 aromatic carbocycles. The molecule has 1 aromatic heterocycles. The molecular weight excluding hydrogens is 501 g/mol. The Hall–Kier alpha value is -4.06. The molecule has 0 aliphatic rings. The molecule has 0 unspecified atom stereocenters. The van der Waals surface area contributed by atoms with Crippen molar-refractivity contribution in [2.24, 2.45) is 0 Å². The summed E-state index contributed by atoms with van der Waals surface area (Å²) < 4.78 is 5.43. The molecule has 0 atom stereocenters. The van der Waals surface area contributed by atoms with E-state index in [1.165, 1.54) is 18.3 Å². The van der Waals surface area contributed by atoms with E-state index in [4.69, 9.17) is 16.3 Å². The largest absolute Gasteiger partial charge is 0.487 e. The Morgan fingerprint density at radius 1 is 1.19 bits per heavy atom. The molecule has 0 aliphatic heterocycles. The molecule has 0 radical (unpaired) electrons. The Morgan fingerprint density at radius 3 is 2.58 bits per heavy atom. The van der Waals surface area contributed by atoms with Gasteiger partial charge < -0.3 is 15.0 Å². The first kappa shape index (κ1) is 26.5. The number of ether oxygens (including phenoxy) is 1. The summed E-state index contributed by atoms with van der Waals surface area (Å²) in [7, 11) is 1.96. The predicted octanol–water partition coefficient (Wildman–Crippen LogP) is 6.87. The molecule has 184 valence electrons. The van der Waals surface area contributed by atoms with Gasteiger partial charge in [0.1, 0.15) is 6.07 Å². The van der Waals surface area contributed by atoms with Gasteiger partial charge in [0.2, 0.25) is 0 Å². The Bertz CT molecular complexity index is 1440. The van der Waals surface area contributed by atoms with E-state index in [0.29, 0.717) is 33.8 Å². The number of benzene rings is 3. The minimum absolute atomic E-state index is 0. The van der Waals surface area contributed by atoms with E-state index < -0.39 is 4.92 Å². The molecule has 0 spiro atoms. The second kappa shape index (κ2) is 11.6. The number of nitro groups is 1. The molecule has 4 aromatic rings. The highest BCUT2D eigenvalue weighted by atomic mass is 35.5. The normalized spacial score (nSPS) is 10.3. The second-order valence-electron chi connectivity index (χ2n) is 7.82. The molecule has 0 saturated carbocycles. The van der Waals surface area contributed by atoms with Crippen molar-refractivity contribution in [1.29, 1.82) is 5.26 Å². The molecule has 36 heavy (non-hydrogen) atoms. The van der Waals surface area contributed by atoms with Gasteiger partial charge in [0, 0.05) is 43.0 Å². The van der Waals surface area contributed by atoms with E-state index in [0.717, 1.165) is 11.3 Å². The third kappa shape index (κ3) is 5.60. The third-order valence-electron chi connectivity index (χ3n) is 5.46. The van der Waals surface area contributed by atoms with Gasteiger partial charge in [-0.25, -0.2) is 0 Å². The van der Waals surface area contributed by atoms with Gasteiger partial charge in [-0.1, -0.05) is 41.9 Å². The quantitative estimate of drug-likeness (QED) is 0.198. The molecule has 0 saturated heterocycles. The van der Waals surface area contributed by atoms with E-state index >= 15 is 0 Å². The van der Waals surface area contributed by atoms with Crippen LogP contribution in [0.15, 0.2) is 66.9 Å². The fourth-order valence-corrected chi connectivity index (χ4v) is 4.15. The van der Waals surface area contributed by atoms with E-state index in [1.54, 1.807) is 13.0 Å². The summed E-state index contributed by atoms with van der Waals surface area (Å²) in [4.78, 5) is 17.5. The molecule has 0 aliphatic carbocycles. The Morgan fingerprint density at radius 2 is 1.94 bits per heavy atom. The first-order valence-corrected chi connectivity index (χ1v) is 11.2. The van der Waals surface area contributed by atoms with Crippen LogP contribution >= 0.6 is 24.0 Å². The summed E-state index contributed by atoms with van der Waals surface area (Å²) in [5.41, 5.74) is 3.55. The summed E-state index contributed by atoms with van der Waals surface area (Å²) in [6.07, 6.45) is 1.43. The number of nitrogens with zero attached hydrogens (tertiary/aromatic N) is 4. The summed E-state index contributed by atoms with van der Waals surface area (Å²) in [6, 6.07) is 20.5. The van der Waals surface area contributed by atoms with Gasteiger partial charge >= 0.3 is 5.69 Å². The minimum Gasteiger partial charge on any atom is -0.487 e. The van der Waals surface area contributed by atoms with E-state index in [9.17, 15) is 15.4 Å². The number of anilines is 3. The van der Waals surface area contributed by atoms with Crippen LogP contribution in [0.2, 0.25) is 5.02 Å². The van der Waals surface area contributed by atoms with Crippen molar-refractivity contribution in [3.05, 3.63) is 93.1 Å². The van der Waals surface area contributed by atoms with Crippen molar-refractivity contribution in [2.75, 3.05) is 23.9 Å². The molecule has 0 bridgehead atoms. The average Bonchev–Trinajstić information content (AvgIpc) is 2.84. The SMILES string of the molecule is CCOc1cc2ncc(C#N)c(Nc3ccc(N(C)Cc4ccccc4)c(Cl)c3)c2cc1[N+](=O)[O-].Cl. The Labute approximate surface area is 219 Å². The van der Waals surface area contributed by atoms with Crippen LogP contribution in [0.3, 0.4) is 0 Å². The highest BCUT2D eigenvalue weighted by Crippen LogP contribution is 2.38. The molecule has 1 N–H and O–H groups in total. The first-order valence-electron chi connectivity index (χ1n) is 10.9. The number of halogens is 2. The number of rotatable bonds is 8. The monoisotopic (exact) mass is 523 g/mol. The number of fused-ring (bicyclic) bond motifs is 1. The molecular formula is C26H23Cl2N5O3. The predicted molar refractivity (Wildman–Crippen MR) is 145 cm³/mol. The second-order valence-corrected chi connectivity index (χ2v) is 8.23. The van der Waals surface area contributed by atoms with Gasteiger partial charge in [-0.3, -0.25) is 15.1 Å². The number of aromatic nitrogens is 1. The summed E-state index contributed by atoms with van der Waals surface area (Å²) in [6.45, 7) is 2.71. The average molecular weight is 524 g/mol. The van der Waals surface area contributed by atoms with Crippen LogP contribution in [0.5, 0.6) is 5.75 Å². The molecule has 10 heteroatoms. The minimum atomic E-state index is -0.512. The number of hydrogen-bond acceptors (Lipinski definition) is 7. The zero-order valence-electron chi connectivity index (χ0n) is 19.6. The van der Waals surface area contributed by atoms with Gasteiger partial charge in [-0.15, -0.1) is 12.4 Å². The first-order chi connectivity index (χ1) is 16.9. The van der Waals surface area contributed by atoms with Crippen LogP contribution < -0.4 is 15.0 Å². The fourth-order valence-electron chi connectivity index (χ4n) is 3.82. The third-order valence-corrected chi connectivity index (χ3v) is 5.76. The highest BCUT2D eigenvalue weighted by Gasteiger charge is 2.20. The lowest BCUT2D eigenvalue weighted by atomic mass is 10.1. The number of nitro benzene ring substituents is 1. The van der Waals surface area contributed by atoms with Crippen molar-refractivity contribution < 1.29 is 9.66 Å². The van der Waals surface area contributed by atoms with Crippen LogP contribution in [-0.4, -0.2) is 23.6 Å². The van der Waals surface area contributed by atoms with Crippen molar-refractivity contribution in [1.82, 2.24) is 4.98 Å². The molecule has 8 nitrogen and oxygen atoms in total. The van der Waals surface area contributed by atoms with Gasteiger partial charge in [-0.05, 0) is 30.7 Å². The number of hydrogen-bond donors (Lipinski definition) is 1. The number of nitrogens with one attached hydrogen (secondary N) is 1. The maximum atomic E-state index is 11.6. The van der Waals surface area contributed by atoms with Crippen molar-refractivity contribution in [3.8, 4) is 11.8 Å². The maximum absolute atomic E-state index is 11.6. The zero-order valence-corrected chi connectivity index (χ0v) is 21.1. The van der Waals surface area contributed by atoms with Gasteiger partial charge in [0.25, 0.3) is 0 Å².